The van der Waals surface area contributed by atoms with Crippen LogP contribution in [-0.2, 0) is 9.53 Å². The summed E-state index contributed by atoms with van der Waals surface area (Å²) >= 11 is 19.0. The van der Waals surface area contributed by atoms with Gasteiger partial charge in [-0.15, -0.1) is 0 Å². The van der Waals surface area contributed by atoms with Gasteiger partial charge in [0.15, 0.2) is 3.24 Å². The van der Waals surface area contributed by atoms with E-state index in [9.17, 15) is 10.1 Å². The van der Waals surface area contributed by atoms with E-state index in [1.165, 1.54) is 0 Å². The van der Waals surface area contributed by atoms with Crippen molar-refractivity contribution in [3.63, 3.8) is 0 Å². The van der Waals surface area contributed by atoms with Gasteiger partial charge in [0.25, 0.3) is 0 Å². The number of ether oxygens (including phenoxy) is 2. The van der Waals surface area contributed by atoms with Crippen LogP contribution in [0.3, 0.4) is 0 Å². The quantitative estimate of drug-likeness (QED) is 0.260. The first-order valence-corrected chi connectivity index (χ1v) is 11.7. The highest BCUT2D eigenvalue weighted by Crippen LogP contribution is 2.65. The number of nitrogens with zero attached hydrogens (tertiary/aromatic N) is 1. The molecule has 4 atom stereocenters. The number of rotatable bonds is 7. The van der Waals surface area contributed by atoms with Gasteiger partial charge in [-0.1, -0.05) is 83.3 Å². The minimum Gasteiger partial charge on any atom is -0.457 e. The first-order valence-electron chi connectivity index (χ1n) is 9.19. The predicted octanol–water partition coefficient (Wildman–Crippen LogP) is 7.15. The van der Waals surface area contributed by atoms with Crippen molar-refractivity contribution in [1.29, 1.82) is 5.26 Å². The molecule has 0 N–H and O–H groups in total. The first-order chi connectivity index (χ1) is 14.1. The van der Waals surface area contributed by atoms with E-state index in [1.807, 2.05) is 44.2 Å². The summed E-state index contributed by atoms with van der Waals surface area (Å²) in [4.78, 5) is 12.5. The summed E-state index contributed by atoms with van der Waals surface area (Å²) in [5, 5.41) is 9.62. The molecule has 1 aliphatic carbocycles. The lowest BCUT2D eigenvalue weighted by Crippen LogP contribution is -2.24. The van der Waals surface area contributed by atoms with Crippen LogP contribution < -0.4 is 4.74 Å². The van der Waals surface area contributed by atoms with Crippen molar-refractivity contribution in [2.45, 2.75) is 28.0 Å². The second-order valence-electron chi connectivity index (χ2n) is 7.70. The molecule has 0 aliphatic heterocycles. The Morgan fingerprint density at radius 2 is 1.80 bits per heavy atom. The van der Waals surface area contributed by atoms with Gasteiger partial charge >= 0.3 is 5.97 Å². The molecule has 158 valence electrons. The zero-order valence-corrected chi connectivity index (χ0v) is 20.9. The molecule has 2 aromatic carbocycles. The SMILES string of the molecule is CC1(C)[C@H]([C@H](Br)C(Cl)(Cl)Br)[C@H]1C(=O)OC(C#N)c1cccc(Oc2ccccc2)c1. The highest BCUT2D eigenvalue weighted by Gasteiger charge is 2.67. The lowest BCUT2D eigenvalue weighted by atomic mass is 10.1. The number of halogens is 4. The number of esters is 1. The summed E-state index contributed by atoms with van der Waals surface area (Å²) in [5.74, 6) is 0.183. The third-order valence-corrected chi connectivity index (χ3v) is 8.64. The minimum atomic E-state index is -1.22. The fraction of sp³-hybridized carbons (Fsp3) is 0.364. The van der Waals surface area contributed by atoms with Crippen LogP contribution in [0.15, 0.2) is 54.6 Å². The Bertz CT molecular complexity index is 957. The maximum absolute atomic E-state index is 12.9. The number of nitriles is 1. The first kappa shape index (κ1) is 23.4. The molecule has 0 bridgehead atoms. The average Bonchev–Trinajstić information content (AvgIpc) is 3.27. The Hall–Kier alpha value is -1.26. The molecule has 8 heteroatoms. The number of hydrogen-bond acceptors (Lipinski definition) is 4. The third-order valence-electron chi connectivity index (χ3n) is 5.28. The molecule has 0 aromatic heterocycles. The number of benzene rings is 2. The van der Waals surface area contributed by atoms with Gasteiger partial charge < -0.3 is 9.47 Å². The van der Waals surface area contributed by atoms with E-state index in [0.29, 0.717) is 17.1 Å². The second kappa shape index (κ2) is 9.08. The monoisotopic (exact) mass is 573 g/mol. The Morgan fingerprint density at radius 1 is 1.17 bits per heavy atom. The number of para-hydroxylation sites is 1. The Labute approximate surface area is 202 Å². The number of carbonyl (C=O) groups excluding carboxylic acids is 1. The van der Waals surface area contributed by atoms with Crippen LogP contribution in [0, 0.1) is 28.6 Å². The molecule has 0 saturated heterocycles. The van der Waals surface area contributed by atoms with Gasteiger partial charge in [-0.05, 0) is 51.5 Å². The van der Waals surface area contributed by atoms with Crippen molar-refractivity contribution in [2.24, 2.45) is 17.3 Å². The van der Waals surface area contributed by atoms with Crippen molar-refractivity contribution in [2.75, 3.05) is 0 Å². The van der Waals surface area contributed by atoms with Crippen LogP contribution in [0.2, 0.25) is 0 Å². The van der Waals surface area contributed by atoms with Gasteiger partial charge in [-0.25, -0.2) is 0 Å². The maximum Gasteiger partial charge on any atom is 0.311 e. The van der Waals surface area contributed by atoms with E-state index in [-0.39, 0.29) is 16.2 Å². The van der Waals surface area contributed by atoms with Crippen LogP contribution in [-0.4, -0.2) is 14.0 Å². The highest BCUT2D eigenvalue weighted by molar-refractivity contribution is 9.13. The van der Waals surface area contributed by atoms with E-state index in [4.69, 9.17) is 32.7 Å². The van der Waals surface area contributed by atoms with Crippen LogP contribution in [0.5, 0.6) is 11.5 Å². The number of hydrogen-bond donors (Lipinski definition) is 0. The summed E-state index contributed by atoms with van der Waals surface area (Å²) in [6, 6.07) is 18.3. The van der Waals surface area contributed by atoms with Gasteiger partial charge in [-0.2, -0.15) is 5.26 Å². The van der Waals surface area contributed by atoms with E-state index in [2.05, 4.69) is 37.9 Å². The standard InChI is InChI=1S/C22H19Br2Cl2NO3/c1-21(2)17(19(23)22(24,25)26)18(21)20(28)30-16(12-27)13-7-6-10-15(11-13)29-14-8-4-3-5-9-14/h3-11,16-19H,1-2H3/t16?,17-,18-,19-/m0/s1. The zero-order chi connectivity index (χ0) is 22.1. The van der Waals surface area contributed by atoms with Crippen molar-refractivity contribution >= 4 is 61.0 Å². The fourth-order valence-corrected chi connectivity index (χ4v) is 5.14. The van der Waals surface area contributed by atoms with E-state index in [1.54, 1.807) is 24.3 Å². The molecule has 1 saturated carbocycles. The molecule has 0 heterocycles. The topological polar surface area (TPSA) is 59.3 Å². The highest BCUT2D eigenvalue weighted by atomic mass is 79.9. The largest absolute Gasteiger partial charge is 0.457 e. The van der Waals surface area contributed by atoms with Gasteiger partial charge in [0, 0.05) is 5.56 Å². The Kier molecular flexibility index (Phi) is 7.08. The molecular formula is C22H19Br2Cl2NO3. The fourth-order valence-electron chi connectivity index (χ4n) is 3.60. The minimum absolute atomic E-state index is 0.147. The van der Waals surface area contributed by atoms with E-state index >= 15 is 0 Å². The molecule has 0 spiro atoms. The molecule has 0 radical (unpaired) electrons. The molecular weight excluding hydrogens is 557 g/mol. The lowest BCUT2D eigenvalue weighted by molar-refractivity contribution is -0.149. The summed E-state index contributed by atoms with van der Waals surface area (Å²) in [5.41, 5.74) is 0.168. The molecule has 0 amide bonds. The lowest BCUT2D eigenvalue weighted by Gasteiger charge is -2.20. The van der Waals surface area contributed by atoms with Crippen LogP contribution in [0.25, 0.3) is 0 Å². The molecule has 2 aromatic rings. The molecule has 3 rings (SSSR count). The second-order valence-corrected chi connectivity index (χ2v) is 12.2. The molecule has 1 unspecified atom stereocenters. The van der Waals surface area contributed by atoms with Crippen molar-refractivity contribution < 1.29 is 14.3 Å². The zero-order valence-electron chi connectivity index (χ0n) is 16.2. The summed E-state index contributed by atoms with van der Waals surface area (Å²) in [6.45, 7) is 3.89. The maximum atomic E-state index is 12.9. The van der Waals surface area contributed by atoms with Crippen LogP contribution >= 0.6 is 55.1 Å². The Balaban J connectivity index is 1.72. The average molecular weight is 576 g/mol. The van der Waals surface area contributed by atoms with Crippen molar-refractivity contribution in [3.05, 3.63) is 60.2 Å². The van der Waals surface area contributed by atoms with Gasteiger partial charge in [-0.3, -0.25) is 4.79 Å². The summed E-state index contributed by atoms with van der Waals surface area (Å²) in [6.07, 6.45) is -1.05. The molecule has 1 fully saturated rings. The van der Waals surface area contributed by atoms with Crippen molar-refractivity contribution in [3.8, 4) is 17.6 Å². The van der Waals surface area contributed by atoms with Gasteiger partial charge in [0.1, 0.15) is 17.6 Å². The smallest absolute Gasteiger partial charge is 0.311 e. The van der Waals surface area contributed by atoms with Crippen molar-refractivity contribution in [1.82, 2.24) is 0 Å². The predicted molar refractivity (Wildman–Crippen MR) is 124 cm³/mol. The molecule has 1 aliphatic rings. The van der Waals surface area contributed by atoms with Gasteiger partial charge in [0.05, 0.1) is 10.7 Å². The summed E-state index contributed by atoms with van der Waals surface area (Å²) in [7, 11) is 0. The third kappa shape index (κ3) is 5.13. The van der Waals surface area contributed by atoms with E-state index in [0.717, 1.165) is 0 Å². The number of alkyl halides is 4. The summed E-state index contributed by atoms with van der Waals surface area (Å²) < 4.78 is 10.2. The molecule has 4 nitrogen and oxygen atoms in total. The Morgan fingerprint density at radius 3 is 2.40 bits per heavy atom. The van der Waals surface area contributed by atoms with E-state index < -0.39 is 21.2 Å². The normalized spacial score (nSPS) is 21.8. The van der Waals surface area contributed by atoms with Gasteiger partial charge in [0.2, 0.25) is 6.10 Å². The van der Waals surface area contributed by atoms with Crippen LogP contribution in [0.4, 0.5) is 0 Å². The number of carbonyl (C=O) groups is 1. The van der Waals surface area contributed by atoms with Crippen LogP contribution in [0.1, 0.15) is 25.5 Å². The molecule has 30 heavy (non-hydrogen) atoms.